The molecule has 2 N–H and O–H groups in total. The summed E-state index contributed by atoms with van der Waals surface area (Å²) in [5, 5.41) is 5.32. The third-order valence-electron chi connectivity index (χ3n) is 4.90. The molecule has 9 heteroatoms. The van der Waals surface area contributed by atoms with E-state index in [4.69, 9.17) is 14.2 Å². The predicted molar refractivity (Wildman–Crippen MR) is 143 cm³/mol. The number of rotatable bonds is 10. The van der Waals surface area contributed by atoms with Crippen LogP contribution in [0.25, 0.3) is 0 Å². The summed E-state index contributed by atoms with van der Waals surface area (Å²) in [4.78, 5) is 37.5. The monoisotopic (exact) mass is 514 g/mol. The number of anilines is 1. The van der Waals surface area contributed by atoms with Gasteiger partial charge in [-0.05, 0) is 50.1 Å². The summed E-state index contributed by atoms with van der Waals surface area (Å²) in [5.74, 6) is -0.532. The molecule has 0 heterocycles. The van der Waals surface area contributed by atoms with Crippen molar-refractivity contribution in [1.82, 2.24) is 5.32 Å². The summed E-state index contributed by atoms with van der Waals surface area (Å²) in [6, 6.07) is 16.1. The molecule has 0 aliphatic carbocycles. The van der Waals surface area contributed by atoms with Gasteiger partial charge in [-0.1, -0.05) is 62.1 Å². The van der Waals surface area contributed by atoms with Gasteiger partial charge in [-0.2, -0.15) is 0 Å². The summed E-state index contributed by atoms with van der Waals surface area (Å²) in [5.41, 5.74) is 1.44. The van der Waals surface area contributed by atoms with Crippen LogP contribution in [0, 0.1) is 0 Å². The van der Waals surface area contributed by atoms with Crippen molar-refractivity contribution in [3.8, 4) is 0 Å². The molecule has 0 spiro atoms. The van der Waals surface area contributed by atoms with Gasteiger partial charge < -0.3 is 19.5 Å². The summed E-state index contributed by atoms with van der Waals surface area (Å²) >= 11 is 0. The molecule has 2 rings (SSSR count). The van der Waals surface area contributed by atoms with E-state index >= 15 is 0 Å². The van der Waals surface area contributed by atoms with Crippen molar-refractivity contribution in [1.29, 1.82) is 0 Å². The zero-order valence-electron chi connectivity index (χ0n) is 22.1. The fourth-order valence-electron chi connectivity index (χ4n) is 3.09. The smallest absolute Gasteiger partial charge is 0.412 e. The van der Waals surface area contributed by atoms with E-state index in [1.54, 1.807) is 45.0 Å². The quantitative estimate of drug-likeness (QED) is 0.238. The molecular weight excluding hydrogens is 476 g/mol. The highest BCUT2D eigenvalue weighted by Crippen LogP contribution is 2.16. The number of alkyl carbamates (subject to hydrolysis) is 1. The topological polar surface area (TPSA) is 103 Å². The average molecular weight is 515 g/mol. The molecule has 2 aromatic carbocycles. The molecule has 196 valence electrons. The van der Waals surface area contributed by atoms with Gasteiger partial charge in [0.1, 0.15) is 18.2 Å². The molecule has 0 saturated carbocycles. The zero-order chi connectivity index (χ0) is 26.8. The highest BCUT2D eigenvalue weighted by atomic mass is 28.3. The first-order valence-corrected chi connectivity index (χ1v) is 15.7. The van der Waals surface area contributed by atoms with Crippen LogP contribution in [-0.4, -0.2) is 44.5 Å². The van der Waals surface area contributed by atoms with Gasteiger partial charge in [-0.3, -0.25) is 5.32 Å². The molecule has 0 bridgehead atoms. The molecule has 2 aromatic rings. The Balaban J connectivity index is 2.07. The largest absolute Gasteiger partial charge is 0.464 e. The van der Waals surface area contributed by atoms with Crippen LogP contribution in [-0.2, 0) is 32.0 Å². The molecule has 8 nitrogen and oxygen atoms in total. The minimum atomic E-state index is -1.40. The summed E-state index contributed by atoms with van der Waals surface area (Å²) in [6.07, 6.45) is -1.13. The number of carbonyl (C=O) groups excluding carboxylic acids is 3. The summed E-state index contributed by atoms with van der Waals surface area (Å²) < 4.78 is 16.1. The van der Waals surface area contributed by atoms with Crippen molar-refractivity contribution >= 4 is 31.9 Å². The van der Waals surface area contributed by atoms with E-state index in [0.717, 1.165) is 17.2 Å². The highest BCUT2D eigenvalue weighted by Gasteiger charge is 2.25. The Bertz CT molecular complexity index is 1010. The van der Waals surface area contributed by atoms with Crippen LogP contribution < -0.4 is 10.6 Å². The maximum absolute atomic E-state index is 12.9. The predicted octanol–water partition coefficient (Wildman–Crippen LogP) is 5.75. The van der Waals surface area contributed by atoms with Crippen molar-refractivity contribution in [2.24, 2.45) is 0 Å². The maximum Gasteiger partial charge on any atom is 0.412 e. The van der Waals surface area contributed by atoms with Crippen molar-refractivity contribution in [3.63, 3.8) is 0 Å². The van der Waals surface area contributed by atoms with E-state index in [1.165, 1.54) is 0 Å². The van der Waals surface area contributed by atoms with Crippen molar-refractivity contribution < 1.29 is 28.6 Å². The Labute approximate surface area is 214 Å². The van der Waals surface area contributed by atoms with Crippen LogP contribution in [0.15, 0.2) is 54.6 Å². The number of hydrogen-bond donors (Lipinski definition) is 2. The number of esters is 1. The standard InChI is InChI=1S/C27H38N2O6Si/c1-27(2,3)35-26(32)28-22-14-10-13-21(17-22)18-23(24(30)33-15-16-36(4,5)6)29-25(31)34-19-20-11-8-7-9-12-20/h7-14,17,23H,15-16,18-19H2,1-6H3,(H,28,32)(H,29,31)/t23-/m0/s1. The SMILES string of the molecule is CC(C)(C)OC(=O)Nc1cccc(C[C@H](NC(=O)OCc2ccccc2)C(=O)OCC[Si](C)(C)C)c1. The van der Waals surface area contributed by atoms with E-state index in [0.29, 0.717) is 12.3 Å². The van der Waals surface area contributed by atoms with Crippen LogP contribution >= 0.6 is 0 Å². The van der Waals surface area contributed by atoms with Crippen molar-refractivity contribution in [2.75, 3.05) is 11.9 Å². The molecule has 0 radical (unpaired) electrons. The molecular formula is C27H38N2O6Si. The van der Waals surface area contributed by atoms with Crippen LogP contribution in [0.5, 0.6) is 0 Å². The van der Waals surface area contributed by atoms with Crippen LogP contribution in [0.4, 0.5) is 15.3 Å². The van der Waals surface area contributed by atoms with E-state index in [2.05, 4.69) is 30.3 Å². The maximum atomic E-state index is 12.9. The van der Waals surface area contributed by atoms with E-state index in [1.807, 2.05) is 30.3 Å². The number of hydrogen-bond acceptors (Lipinski definition) is 6. The van der Waals surface area contributed by atoms with Crippen molar-refractivity contribution in [3.05, 3.63) is 65.7 Å². The van der Waals surface area contributed by atoms with Gasteiger partial charge in [0.15, 0.2) is 0 Å². The number of carbonyl (C=O) groups is 3. The molecule has 0 aliphatic rings. The lowest BCUT2D eigenvalue weighted by molar-refractivity contribution is -0.145. The second kappa shape index (κ2) is 13.1. The lowest BCUT2D eigenvalue weighted by Gasteiger charge is -2.21. The van der Waals surface area contributed by atoms with Gasteiger partial charge in [0.2, 0.25) is 0 Å². The van der Waals surface area contributed by atoms with E-state index in [-0.39, 0.29) is 13.0 Å². The van der Waals surface area contributed by atoms with Gasteiger partial charge in [0, 0.05) is 20.2 Å². The van der Waals surface area contributed by atoms with E-state index < -0.39 is 37.9 Å². The molecule has 2 amide bonds. The van der Waals surface area contributed by atoms with E-state index in [9.17, 15) is 14.4 Å². The van der Waals surface area contributed by atoms with Gasteiger partial charge in [0.25, 0.3) is 0 Å². The molecule has 0 saturated heterocycles. The average Bonchev–Trinajstić information content (AvgIpc) is 2.76. The molecule has 36 heavy (non-hydrogen) atoms. The third kappa shape index (κ3) is 11.9. The summed E-state index contributed by atoms with van der Waals surface area (Å²) in [6.45, 7) is 12.3. The van der Waals surface area contributed by atoms with Gasteiger partial charge in [-0.15, -0.1) is 0 Å². The summed E-state index contributed by atoms with van der Waals surface area (Å²) in [7, 11) is -1.40. The van der Waals surface area contributed by atoms with Crippen LogP contribution in [0.1, 0.15) is 31.9 Å². The fourth-order valence-corrected chi connectivity index (χ4v) is 3.81. The lowest BCUT2D eigenvalue weighted by Crippen LogP contribution is -2.44. The number of ether oxygens (including phenoxy) is 3. The Morgan fingerprint density at radius 1 is 0.889 bits per heavy atom. The minimum Gasteiger partial charge on any atom is -0.464 e. The number of amides is 2. The minimum absolute atomic E-state index is 0.0827. The second-order valence-corrected chi connectivity index (χ2v) is 16.4. The number of nitrogens with one attached hydrogen (secondary N) is 2. The Morgan fingerprint density at radius 2 is 1.56 bits per heavy atom. The highest BCUT2D eigenvalue weighted by molar-refractivity contribution is 6.76. The number of benzene rings is 2. The van der Waals surface area contributed by atoms with Gasteiger partial charge in [-0.25, -0.2) is 14.4 Å². The van der Waals surface area contributed by atoms with Gasteiger partial charge in [0.05, 0.1) is 6.61 Å². The van der Waals surface area contributed by atoms with Crippen molar-refractivity contribution in [2.45, 2.75) is 71.1 Å². The molecule has 0 aromatic heterocycles. The molecule has 0 aliphatic heterocycles. The first kappa shape index (κ1) is 28.9. The molecule has 0 fully saturated rings. The second-order valence-electron chi connectivity index (χ2n) is 10.8. The normalized spacial score (nSPS) is 12.3. The first-order chi connectivity index (χ1) is 16.8. The Morgan fingerprint density at radius 3 is 2.19 bits per heavy atom. The Hall–Kier alpha value is -3.33. The first-order valence-electron chi connectivity index (χ1n) is 12.0. The van der Waals surface area contributed by atoms with Gasteiger partial charge >= 0.3 is 18.2 Å². The van der Waals surface area contributed by atoms with Crippen LogP contribution in [0.2, 0.25) is 25.7 Å². The van der Waals surface area contributed by atoms with Crippen LogP contribution in [0.3, 0.4) is 0 Å². The zero-order valence-corrected chi connectivity index (χ0v) is 23.1. The Kier molecular flexibility index (Phi) is 10.5. The fraction of sp³-hybridized carbons (Fsp3) is 0.444. The lowest BCUT2D eigenvalue weighted by atomic mass is 10.1. The molecule has 0 unspecified atom stereocenters. The molecule has 1 atom stereocenters. The third-order valence-corrected chi connectivity index (χ3v) is 6.60.